The molecule has 1 aliphatic heterocycles. The summed E-state index contributed by atoms with van der Waals surface area (Å²) >= 11 is 5.83. The number of halogens is 1. The van der Waals surface area contributed by atoms with Crippen LogP contribution in [0, 0.1) is 0 Å². The van der Waals surface area contributed by atoms with E-state index in [9.17, 15) is 4.79 Å². The van der Waals surface area contributed by atoms with Gasteiger partial charge in [-0.3, -0.25) is 9.48 Å². The molecule has 22 heavy (non-hydrogen) atoms. The Morgan fingerprint density at radius 1 is 1.36 bits per heavy atom. The number of benzene rings is 1. The third-order valence-electron chi connectivity index (χ3n) is 3.70. The molecule has 116 valence electrons. The Morgan fingerprint density at radius 2 is 2.18 bits per heavy atom. The number of ether oxygens (including phenoxy) is 1. The molecule has 0 saturated carbocycles. The van der Waals surface area contributed by atoms with Crippen LogP contribution in [-0.4, -0.2) is 28.8 Å². The van der Waals surface area contributed by atoms with Crippen LogP contribution in [0.1, 0.15) is 16.8 Å². The molecule has 1 aliphatic rings. The number of hydrogen-bond acceptors (Lipinski definition) is 3. The molecular weight excluding hydrogens is 302 g/mol. The Labute approximate surface area is 134 Å². The van der Waals surface area contributed by atoms with Crippen molar-refractivity contribution in [2.24, 2.45) is 0 Å². The summed E-state index contributed by atoms with van der Waals surface area (Å²) in [6.45, 7) is 2.63. The van der Waals surface area contributed by atoms with Gasteiger partial charge in [0.15, 0.2) is 0 Å². The molecule has 6 heteroatoms. The summed E-state index contributed by atoms with van der Waals surface area (Å²) < 4.78 is 7.35. The molecule has 0 spiro atoms. The van der Waals surface area contributed by atoms with Crippen LogP contribution in [0.3, 0.4) is 0 Å². The maximum absolute atomic E-state index is 11.9. The lowest BCUT2D eigenvalue weighted by atomic mass is 10.1. The van der Waals surface area contributed by atoms with Gasteiger partial charge in [-0.1, -0.05) is 23.7 Å². The van der Waals surface area contributed by atoms with Gasteiger partial charge in [-0.25, -0.2) is 0 Å². The molecule has 0 fully saturated rings. The monoisotopic (exact) mass is 319 g/mol. The van der Waals surface area contributed by atoms with Gasteiger partial charge in [0, 0.05) is 29.2 Å². The van der Waals surface area contributed by atoms with Crippen LogP contribution in [0.5, 0.6) is 0 Å². The van der Waals surface area contributed by atoms with Crippen molar-refractivity contribution in [2.75, 3.05) is 13.2 Å². The maximum Gasteiger partial charge on any atom is 0.224 e. The quantitative estimate of drug-likeness (QED) is 0.916. The summed E-state index contributed by atoms with van der Waals surface area (Å²) in [5.41, 5.74) is 3.33. The van der Waals surface area contributed by atoms with Gasteiger partial charge in [-0.05, 0) is 17.7 Å². The number of rotatable bonds is 5. The average Bonchev–Trinajstić information content (AvgIpc) is 2.93. The molecule has 3 rings (SSSR count). The van der Waals surface area contributed by atoms with Gasteiger partial charge in [0.1, 0.15) is 0 Å². The van der Waals surface area contributed by atoms with E-state index in [-0.39, 0.29) is 5.91 Å². The van der Waals surface area contributed by atoms with Gasteiger partial charge in [0.2, 0.25) is 5.91 Å². The summed E-state index contributed by atoms with van der Waals surface area (Å²) in [4.78, 5) is 11.9. The molecule has 1 N–H and O–H groups in total. The van der Waals surface area contributed by atoms with Gasteiger partial charge in [-0.2, -0.15) is 5.10 Å². The normalized spacial score (nSPS) is 13.7. The lowest BCUT2D eigenvalue weighted by molar-refractivity contribution is -0.120. The number of fused-ring (bicyclic) bond motifs is 1. The molecule has 5 nitrogen and oxygen atoms in total. The van der Waals surface area contributed by atoms with E-state index >= 15 is 0 Å². The van der Waals surface area contributed by atoms with Crippen molar-refractivity contribution in [3.63, 3.8) is 0 Å². The number of carbonyl (C=O) groups is 1. The largest absolute Gasteiger partial charge is 0.376 e. The summed E-state index contributed by atoms with van der Waals surface area (Å²) in [7, 11) is 0. The first-order chi connectivity index (χ1) is 10.7. The predicted molar refractivity (Wildman–Crippen MR) is 83.8 cm³/mol. The lowest BCUT2D eigenvalue weighted by Gasteiger charge is -2.14. The number of nitrogens with one attached hydrogen (secondary N) is 1. The smallest absolute Gasteiger partial charge is 0.224 e. The molecule has 2 heterocycles. The van der Waals surface area contributed by atoms with Gasteiger partial charge in [0.05, 0.1) is 32.4 Å². The van der Waals surface area contributed by atoms with Crippen LogP contribution in [0.25, 0.3) is 0 Å². The van der Waals surface area contributed by atoms with Crippen molar-refractivity contribution < 1.29 is 9.53 Å². The standard InChI is InChI=1S/C16H18ClN3O2/c17-14-3-1-12(2-4-14)9-16(21)18-6-7-20-15-5-8-22-11-13(15)10-19-20/h1-4,10H,5-9,11H2,(H,18,21). The second-order valence-electron chi connectivity index (χ2n) is 5.30. The van der Waals surface area contributed by atoms with E-state index in [0.29, 0.717) is 31.1 Å². The number of carbonyl (C=O) groups excluding carboxylic acids is 1. The molecule has 1 aromatic heterocycles. The molecule has 1 aromatic carbocycles. The first kappa shape index (κ1) is 15.1. The molecule has 0 saturated heterocycles. The zero-order chi connectivity index (χ0) is 15.4. The molecule has 0 atom stereocenters. The first-order valence-electron chi connectivity index (χ1n) is 7.35. The van der Waals surface area contributed by atoms with E-state index in [0.717, 1.165) is 24.2 Å². The van der Waals surface area contributed by atoms with E-state index in [1.807, 2.05) is 23.0 Å². The number of nitrogens with zero attached hydrogens (tertiary/aromatic N) is 2. The van der Waals surface area contributed by atoms with Crippen LogP contribution in [-0.2, 0) is 35.5 Å². The van der Waals surface area contributed by atoms with Crippen LogP contribution in [0.2, 0.25) is 5.02 Å². The van der Waals surface area contributed by atoms with Crippen molar-refractivity contribution >= 4 is 17.5 Å². The van der Waals surface area contributed by atoms with Crippen molar-refractivity contribution in [3.05, 3.63) is 52.3 Å². The maximum atomic E-state index is 11.9. The van der Waals surface area contributed by atoms with E-state index in [4.69, 9.17) is 16.3 Å². The second-order valence-corrected chi connectivity index (χ2v) is 5.73. The zero-order valence-corrected chi connectivity index (χ0v) is 13.0. The van der Waals surface area contributed by atoms with Crippen molar-refractivity contribution in [1.29, 1.82) is 0 Å². The van der Waals surface area contributed by atoms with Crippen molar-refractivity contribution in [1.82, 2.24) is 15.1 Å². The lowest BCUT2D eigenvalue weighted by Crippen LogP contribution is -2.29. The molecule has 1 amide bonds. The molecular formula is C16H18ClN3O2. The highest BCUT2D eigenvalue weighted by molar-refractivity contribution is 6.30. The van der Waals surface area contributed by atoms with Crippen molar-refractivity contribution in [2.45, 2.75) is 26.0 Å². The highest BCUT2D eigenvalue weighted by Crippen LogP contribution is 2.15. The SMILES string of the molecule is O=C(Cc1ccc(Cl)cc1)NCCn1ncc2c1CCOC2. The van der Waals surface area contributed by atoms with Crippen LogP contribution in [0.4, 0.5) is 0 Å². The number of aromatic nitrogens is 2. The van der Waals surface area contributed by atoms with E-state index in [1.54, 1.807) is 12.1 Å². The minimum Gasteiger partial charge on any atom is -0.376 e. The van der Waals surface area contributed by atoms with Crippen LogP contribution < -0.4 is 5.32 Å². The molecule has 0 unspecified atom stereocenters. The van der Waals surface area contributed by atoms with Crippen molar-refractivity contribution in [3.8, 4) is 0 Å². The second kappa shape index (κ2) is 6.94. The van der Waals surface area contributed by atoms with Gasteiger partial charge >= 0.3 is 0 Å². The molecule has 0 aliphatic carbocycles. The topological polar surface area (TPSA) is 56.2 Å². The Kier molecular flexibility index (Phi) is 4.75. The van der Waals surface area contributed by atoms with E-state index in [2.05, 4.69) is 10.4 Å². The predicted octanol–water partition coefficient (Wildman–Crippen LogP) is 1.97. The van der Waals surface area contributed by atoms with E-state index < -0.39 is 0 Å². The van der Waals surface area contributed by atoms with Gasteiger partial charge in [-0.15, -0.1) is 0 Å². The third kappa shape index (κ3) is 3.67. The minimum absolute atomic E-state index is 0.00618. The Balaban J connectivity index is 1.47. The highest BCUT2D eigenvalue weighted by Gasteiger charge is 2.15. The zero-order valence-electron chi connectivity index (χ0n) is 12.2. The highest BCUT2D eigenvalue weighted by atomic mass is 35.5. The number of hydrogen-bond donors (Lipinski definition) is 1. The summed E-state index contributed by atoms with van der Waals surface area (Å²) in [5, 5.41) is 7.96. The Morgan fingerprint density at radius 3 is 3.00 bits per heavy atom. The third-order valence-corrected chi connectivity index (χ3v) is 3.95. The fourth-order valence-electron chi connectivity index (χ4n) is 2.55. The van der Waals surface area contributed by atoms with Gasteiger partial charge in [0.25, 0.3) is 0 Å². The van der Waals surface area contributed by atoms with Crippen LogP contribution in [0.15, 0.2) is 30.5 Å². The molecule has 0 radical (unpaired) electrons. The summed E-state index contributed by atoms with van der Waals surface area (Å²) in [6.07, 6.45) is 3.10. The number of amides is 1. The first-order valence-corrected chi connectivity index (χ1v) is 7.72. The summed E-state index contributed by atoms with van der Waals surface area (Å²) in [5.74, 6) is 0.00618. The Bertz CT molecular complexity index is 652. The molecule has 0 bridgehead atoms. The Hall–Kier alpha value is -1.85. The summed E-state index contributed by atoms with van der Waals surface area (Å²) in [6, 6.07) is 7.32. The molecule has 2 aromatic rings. The fourth-order valence-corrected chi connectivity index (χ4v) is 2.68. The van der Waals surface area contributed by atoms with Gasteiger partial charge < -0.3 is 10.1 Å². The average molecular weight is 320 g/mol. The van der Waals surface area contributed by atoms with E-state index in [1.165, 1.54) is 5.69 Å². The minimum atomic E-state index is 0.00618. The van der Waals surface area contributed by atoms with Crippen LogP contribution >= 0.6 is 11.6 Å². The fraction of sp³-hybridized carbons (Fsp3) is 0.375.